The summed E-state index contributed by atoms with van der Waals surface area (Å²) in [7, 11) is 2.49. The average Bonchev–Trinajstić information content (AvgIpc) is 2.66. The third kappa shape index (κ3) is 4.45. The maximum atomic E-state index is 12.7. The molecule has 0 saturated carbocycles. The molecule has 4 N–H and O–H groups in total. The van der Waals surface area contributed by atoms with Gasteiger partial charge >= 0.3 is 11.9 Å². The van der Waals surface area contributed by atoms with Gasteiger partial charge in [-0.1, -0.05) is 47.1 Å². The van der Waals surface area contributed by atoms with Gasteiger partial charge in [0.25, 0.3) is 0 Å². The van der Waals surface area contributed by atoms with E-state index in [0.717, 1.165) is 11.8 Å². The molecule has 1 heterocycles. The van der Waals surface area contributed by atoms with Crippen LogP contribution in [0.25, 0.3) is 0 Å². The van der Waals surface area contributed by atoms with Crippen molar-refractivity contribution >= 4 is 52.1 Å². The van der Waals surface area contributed by atoms with E-state index in [1.54, 1.807) is 25.1 Å². The number of amidine groups is 1. The van der Waals surface area contributed by atoms with Gasteiger partial charge in [0.15, 0.2) is 5.17 Å². The standard InChI is InChI=1S/C18H19Cl2N3O4S/c1-8-12(16(24)26-2)13(9-5-4-6-10(19)15(9)20)14(17(25)27-3)11(23-8)7-28-18(21)22/h4-6,13,23H,7H2,1-3H3,(H3,21,22). The molecule has 28 heavy (non-hydrogen) atoms. The Labute approximate surface area is 176 Å². The van der Waals surface area contributed by atoms with Crippen LogP contribution in [-0.4, -0.2) is 37.1 Å². The molecule has 10 heteroatoms. The maximum absolute atomic E-state index is 12.7. The molecule has 0 bridgehead atoms. The van der Waals surface area contributed by atoms with Gasteiger partial charge in [-0.25, -0.2) is 9.59 Å². The topological polar surface area (TPSA) is 115 Å². The van der Waals surface area contributed by atoms with Crippen LogP contribution in [0.3, 0.4) is 0 Å². The second-order valence-electron chi connectivity index (χ2n) is 5.77. The van der Waals surface area contributed by atoms with Crippen molar-refractivity contribution in [3.8, 4) is 0 Å². The summed E-state index contributed by atoms with van der Waals surface area (Å²) in [4.78, 5) is 25.3. The highest BCUT2D eigenvalue weighted by Gasteiger charge is 2.39. The first kappa shape index (κ1) is 22.1. The number of methoxy groups -OCH3 is 2. The lowest BCUT2D eigenvalue weighted by atomic mass is 9.80. The summed E-state index contributed by atoms with van der Waals surface area (Å²) in [6.07, 6.45) is 0. The van der Waals surface area contributed by atoms with Gasteiger partial charge in [0.1, 0.15) is 0 Å². The quantitative estimate of drug-likeness (QED) is 0.363. The summed E-state index contributed by atoms with van der Waals surface area (Å²) in [5.41, 5.74) is 7.23. The molecule has 1 aromatic rings. The molecule has 0 saturated heterocycles. The molecule has 1 aliphatic heterocycles. The van der Waals surface area contributed by atoms with E-state index < -0.39 is 17.9 Å². The lowest BCUT2D eigenvalue weighted by Crippen LogP contribution is -2.34. The summed E-state index contributed by atoms with van der Waals surface area (Å²) in [5.74, 6) is -1.94. The second-order valence-corrected chi connectivity index (χ2v) is 7.57. The number of benzene rings is 1. The molecule has 150 valence electrons. The van der Waals surface area contributed by atoms with Gasteiger partial charge in [-0.3, -0.25) is 5.41 Å². The van der Waals surface area contributed by atoms with Crippen LogP contribution in [0.15, 0.2) is 40.7 Å². The number of thioether (sulfide) groups is 1. The van der Waals surface area contributed by atoms with Crippen molar-refractivity contribution in [1.82, 2.24) is 5.32 Å². The Bertz CT molecular complexity index is 899. The lowest BCUT2D eigenvalue weighted by molar-refractivity contribution is -0.137. The fourth-order valence-electron chi connectivity index (χ4n) is 2.95. The molecule has 0 fully saturated rings. The molecule has 0 spiro atoms. The normalized spacial score (nSPS) is 16.5. The molecule has 0 amide bonds. The molecule has 0 aromatic heterocycles. The number of carbonyl (C=O) groups excluding carboxylic acids is 2. The average molecular weight is 444 g/mol. The molecule has 1 unspecified atom stereocenters. The van der Waals surface area contributed by atoms with Gasteiger partial charge in [0.2, 0.25) is 0 Å². The zero-order valence-electron chi connectivity index (χ0n) is 15.4. The number of allylic oxidation sites excluding steroid dienone is 1. The number of esters is 2. The maximum Gasteiger partial charge on any atom is 0.336 e. The van der Waals surface area contributed by atoms with Gasteiger partial charge in [-0.05, 0) is 18.6 Å². The molecule has 1 atom stereocenters. The van der Waals surface area contributed by atoms with Gasteiger partial charge in [-0.15, -0.1) is 0 Å². The number of ether oxygens (including phenoxy) is 2. The van der Waals surface area contributed by atoms with Crippen LogP contribution in [0, 0.1) is 5.41 Å². The summed E-state index contributed by atoms with van der Waals surface area (Å²) in [6.45, 7) is 1.68. The van der Waals surface area contributed by atoms with E-state index in [-0.39, 0.29) is 32.1 Å². The van der Waals surface area contributed by atoms with E-state index >= 15 is 0 Å². The van der Waals surface area contributed by atoms with E-state index in [0.29, 0.717) is 17.0 Å². The predicted molar refractivity (Wildman–Crippen MR) is 110 cm³/mol. The van der Waals surface area contributed by atoms with Crippen molar-refractivity contribution < 1.29 is 19.1 Å². The van der Waals surface area contributed by atoms with Gasteiger partial charge < -0.3 is 20.5 Å². The van der Waals surface area contributed by atoms with Crippen LogP contribution >= 0.6 is 35.0 Å². The SMILES string of the molecule is COC(=O)C1=C(C)NC(CSC(=N)N)=C(C(=O)OC)C1c1cccc(Cl)c1Cl. The van der Waals surface area contributed by atoms with Crippen LogP contribution in [0.4, 0.5) is 0 Å². The summed E-state index contributed by atoms with van der Waals surface area (Å²) in [6, 6.07) is 4.96. The van der Waals surface area contributed by atoms with Crippen LogP contribution in [-0.2, 0) is 19.1 Å². The highest BCUT2D eigenvalue weighted by Crippen LogP contribution is 2.43. The molecule has 2 rings (SSSR count). The molecule has 0 radical (unpaired) electrons. The zero-order valence-corrected chi connectivity index (χ0v) is 17.7. The van der Waals surface area contributed by atoms with E-state index in [1.165, 1.54) is 14.2 Å². The molecule has 0 aliphatic carbocycles. The van der Waals surface area contributed by atoms with Crippen molar-refractivity contribution in [3.05, 3.63) is 56.3 Å². The van der Waals surface area contributed by atoms with Gasteiger partial charge in [0.05, 0.1) is 41.3 Å². The number of hydrogen-bond acceptors (Lipinski definition) is 7. The molecule has 7 nitrogen and oxygen atoms in total. The summed E-state index contributed by atoms with van der Waals surface area (Å²) < 4.78 is 9.89. The molecular weight excluding hydrogens is 425 g/mol. The number of nitrogens with two attached hydrogens (primary N) is 1. The number of nitrogens with one attached hydrogen (secondary N) is 2. The van der Waals surface area contributed by atoms with Crippen molar-refractivity contribution in [2.24, 2.45) is 5.73 Å². The molecule has 1 aliphatic rings. The number of hydrogen-bond donors (Lipinski definition) is 3. The minimum atomic E-state index is -0.866. The second kappa shape index (κ2) is 9.36. The van der Waals surface area contributed by atoms with E-state index in [2.05, 4.69) is 5.32 Å². The molecular formula is C18H19Cl2N3O4S. The Morgan fingerprint density at radius 2 is 1.82 bits per heavy atom. The van der Waals surface area contributed by atoms with Crippen LogP contribution < -0.4 is 11.1 Å². The zero-order chi connectivity index (χ0) is 21.0. The largest absolute Gasteiger partial charge is 0.466 e. The third-order valence-corrected chi connectivity index (χ3v) is 5.70. The molecule has 1 aromatic carbocycles. The number of halogens is 2. The highest BCUT2D eigenvalue weighted by atomic mass is 35.5. The first-order valence-corrected chi connectivity index (χ1v) is 9.75. The number of rotatable bonds is 5. The first-order valence-electron chi connectivity index (χ1n) is 8.01. The van der Waals surface area contributed by atoms with Crippen LogP contribution in [0.1, 0.15) is 18.4 Å². The van der Waals surface area contributed by atoms with Crippen LogP contribution in [0.5, 0.6) is 0 Å². The summed E-state index contributed by atoms with van der Waals surface area (Å²) in [5, 5.41) is 10.9. The lowest BCUT2D eigenvalue weighted by Gasteiger charge is -2.31. The predicted octanol–water partition coefficient (Wildman–Crippen LogP) is 3.18. The Hall–Kier alpha value is -2.16. The van der Waals surface area contributed by atoms with Gasteiger partial charge in [0, 0.05) is 17.1 Å². The Morgan fingerprint density at radius 1 is 1.21 bits per heavy atom. The number of dihydropyridines is 1. The fourth-order valence-corrected chi connectivity index (χ4v) is 3.89. The van der Waals surface area contributed by atoms with E-state index in [9.17, 15) is 9.59 Å². The smallest absolute Gasteiger partial charge is 0.336 e. The fraction of sp³-hybridized carbons (Fsp3) is 0.278. The first-order chi connectivity index (χ1) is 13.2. The van der Waals surface area contributed by atoms with Crippen molar-refractivity contribution in [2.75, 3.05) is 20.0 Å². The Morgan fingerprint density at radius 3 is 2.39 bits per heavy atom. The monoisotopic (exact) mass is 443 g/mol. The minimum absolute atomic E-state index is 0.115. The Kier molecular flexibility index (Phi) is 7.40. The Balaban J connectivity index is 2.78. The van der Waals surface area contributed by atoms with E-state index in [1.807, 2.05) is 0 Å². The highest BCUT2D eigenvalue weighted by molar-refractivity contribution is 8.13. The summed E-state index contributed by atoms with van der Waals surface area (Å²) >= 11 is 13.6. The van der Waals surface area contributed by atoms with Crippen molar-refractivity contribution in [2.45, 2.75) is 12.8 Å². The van der Waals surface area contributed by atoms with Crippen molar-refractivity contribution in [1.29, 1.82) is 5.41 Å². The van der Waals surface area contributed by atoms with Crippen LogP contribution in [0.2, 0.25) is 10.0 Å². The van der Waals surface area contributed by atoms with E-state index in [4.69, 9.17) is 43.8 Å². The van der Waals surface area contributed by atoms with Gasteiger partial charge in [-0.2, -0.15) is 0 Å². The third-order valence-electron chi connectivity index (χ3n) is 4.12. The number of carbonyl (C=O) groups is 2. The minimum Gasteiger partial charge on any atom is -0.466 e. The van der Waals surface area contributed by atoms with Crippen molar-refractivity contribution in [3.63, 3.8) is 0 Å².